The molecule has 0 atom stereocenters. The summed E-state index contributed by atoms with van der Waals surface area (Å²) in [6.07, 6.45) is -3.20. The lowest BCUT2D eigenvalue weighted by atomic mass is 10.2. The van der Waals surface area contributed by atoms with Gasteiger partial charge in [0.05, 0.1) is 19.4 Å². The van der Waals surface area contributed by atoms with Crippen LogP contribution in [0.25, 0.3) is 6.08 Å². The van der Waals surface area contributed by atoms with Crippen LogP contribution in [0, 0.1) is 0 Å². The van der Waals surface area contributed by atoms with Gasteiger partial charge >= 0.3 is 12.1 Å². The predicted octanol–water partition coefficient (Wildman–Crippen LogP) is 5.37. The minimum absolute atomic E-state index is 0.0138. The van der Waals surface area contributed by atoms with Gasteiger partial charge in [0.25, 0.3) is 11.1 Å². The lowest BCUT2D eigenvalue weighted by molar-refractivity contribution is -0.139. The van der Waals surface area contributed by atoms with Gasteiger partial charge in [0, 0.05) is 5.69 Å². The minimum Gasteiger partial charge on any atom is -0.480 e. The predicted molar refractivity (Wildman–Crippen MR) is 128 cm³/mol. The van der Waals surface area contributed by atoms with Crippen LogP contribution in [0.5, 0.6) is 5.75 Å². The van der Waals surface area contributed by atoms with Gasteiger partial charge in [-0.15, -0.1) is 0 Å². The number of halogens is 5. The number of nitrogens with one attached hydrogen (secondary N) is 1. The maximum absolute atomic E-state index is 12.8. The Morgan fingerprint density at radius 1 is 1.14 bits per heavy atom. The van der Waals surface area contributed by atoms with Gasteiger partial charge in [0.15, 0.2) is 6.61 Å². The van der Waals surface area contributed by atoms with E-state index in [1.807, 2.05) is 0 Å². The van der Waals surface area contributed by atoms with Crippen molar-refractivity contribution < 1.29 is 42.2 Å². The smallest absolute Gasteiger partial charge is 0.416 e. The zero-order valence-corrected chi connectivity index (χ0v) is 21.2. The van der Waals surface area contributed by atoms with Gasteiger partial charge in [-0.1, -0.05) is 6.07 Å². The number of nitrogens with zero attached hydrogens (tertiary/aromatic N) is 1. The lowest BCUT2D eigenvalue weighted by Gasteiger charge is -2.13. The van der Waals surface area contributed by atoms with Crippen LogP contribution < -0.4 is 10.1 Å². The average Bonchev–Trinajstić information content (AvgIpc) is 2.99. The SMILES string of the molecule is O=C(O)COc1c(Br)cc(/C=C2\SC(=O)N(CC(=O)Nc3cccc(C(F)(F)F)c3)C2=O)cc1Br. The molecule has 8 nitrogen and oxygen atoms in total. The molecule has 1 saturated heterocycles. The van der Waals surface area contributed by atoms with Crippen LogP contribution in [0.4, 0.5) is 23.7 Å². The number of rotatable bonds is 7. The van der Waals surface area contributed by atoms with Crippen molar-refractivity contribution in [2.24, 2.45) is 0 Å². The second kappa shape index (κ2) is 10.8. The van der Waals surface area contributed by atoms with Crippen LogP contribution in [-0.2, 0) is 20.6 Å². The van der Waals surface area contributed by atoms with E-state index in [1.165, 1.54) is 24.3 Å². The van der Waals surface area contributed by atoms with Crippen LogP contribution in [0.1, 0.15) is 11.1 Å². The zero-order valence-electron chi connectivity index (χ0n) is 17.2. The zero-order chi connectivity index (χ0) is 25.9. The number of carboxylic acid groups (broad SMARTS) is 1. The maximum atomic E-state index is 12.8. The van der Waals surface area contributed by atoms with Gasteiger partial charge in [0.1, 0.15) is 12.3 Å². The average molecular weight is 638 g/mol. The third kappa shape index (κ3) is 6.86. The molecule has 184 valence electrons. The molecule has 1 fully saturated rings. The minimum atomic E-state index is -4.59. The van der Waals surface area contributed by atoms with Crippen LogP contribution in [0.2, 0.25) is 0 Å². The van der Waals surface area contributed by atoms with Crippen molar-refractivity contribution in [2.45, 2.75) is 6.18 Å². The molecule has 0 spiro atoms. The fourth-order valence-corrected chi connectivity index (χ4v) is 5.13. The fraction of sp³-hybridized carbons (Fsp3) is 0.143. The van der Waals surface area contributed by atoms with Crippen molar-refractivity contribution in [3.63, 3.8) is 0 Å². The normalized spacial score (nSPS) is 15.0. The van der Waals surface area contributed by atoms with Crippen LogP contribution >= 0.6 is 43.6 Å². The topological polar surface area (TPSA) is 113 Å². The molecule has 0 radical (unpaired) electrons. The number of alkyl halides is 3. The molecule has 3 amide bonds. The molecule has 2 aromatic rings. The van der Waals surface area contributed by atoms with E-state index in [9.17, 15) is 32.3 Å². The summed E-state index contributed by atoms with van der Waals surface area (Å²) in [5, 5.41) is 10.3. The van der Waals surface area contributed by atoms with E-state index in [2.05, 4.69) is 37.2 Å². The first-order chi connectivity index (χ1) is 16.3. The van der Waals surface area contributed by atoms with Crippen molar-refractivity contribution in [3.8, 4) is 5.75 Å². The first-order valence-corrected chi connectivity index (χ1v) is 11.8. The summed E-state index contributed by atoms with van der Waals surface area (Å²) >= 11 is 7.09. The number of anilines is 1. The molecule has 2 aromatic carbocycles. The lowest BCUT2D eigenvalue weighted by Crippen LogP contribution is -2.36. The number of hydrogen-bond acceptors (Lipinski definition) is 6. The second-order valence-corrected chi connectivity index (χ2v) is 9.59. The number of carbonyl (C=O) groups excluding carboxylic acids is 3. The largest absolute Gasteiger partial charge is 0.480 e. The van der Waals surface area contributed by atoms with E-state index < -0.39 is 47.9 Å². The van der Waals surface area contributed by atoms with E-state index in [1.54, 1.807) is 0 Å². The molecule has 0 aliphatic carbocycles. The number of amides is 3. The number of hydrogen-bond donors (Lipinski definition) is 2. The maximum Gasteiger partial charge on any atom is 0.416 e. The molecule has 0 bridgehead atoms. The third-order valence-corrected chi connectivity index (χ3v) is 6.39. The Labute approximate surface area is 216 Å². The highest BCUT2D eigenvalue weighted by Gasteiger charge is 2.36. The quantitative estimate of drug-likeness (QED) is 0.393. The number of thioether (sulfide) groups is 1. The monoisotopic (exact) mass is 636 g/mol. The van der Waals surface area contributed by atoms with Crippen molar-refractivity contribution in [1.82, 2.24) is 4.90 Å². The Morgan fingerprint density at radius 3 is 2.40 bits per heavy atom. The van der Waals surface area contributed by atoms with Crippen molar-refractivity contribution in [3.05, 3.63) is 61.4 Å². The molecule has 1 heterocycles. The van der Waals surface area contributed by atoms with Gasteiger partial charge in [0.2, 0.25) is 5.91 Å². The molecule has 0 aromatic heterocycles. The molecule has 0 saturated carbocycles. The van der Waals surface area contributed by atoms with Gasteiger partial charge in [-0.05, 0) is 85.6 Å². The van der Waals surface area contributed by atoms with Crippen molar-refractivity contribution >= 4 is 78.4 Å². The summed E-state index contributed by atoms with van der Waals surface area (Å²) in [6.45, 7) is -1.26. The number of aliphatic carboxylic acids is 1. The van der Waals surface area contributed by atoms with Crippen molar-refractivity contribution in [1.29, 1.82) is 0 Å². The molecular weight excluding hydrogens is 625 g/mol. The molecule has 14 heteroatoms. The van der Waals surface area contributed by atoms with E-state index >= 15 is 0 Å². The number of carbonyl (C=O) groups is 4. The van der Waals surface area contributed by atoms with E-state index in [0.717, 1.165) is 18.2 Å². The Balaban J connectivity index is 1.71. The van der Waals surface area contributed by atoms with Crippen LogP contribution in [-0.4, -0.2) is 46.2 Å². The third-order valence-electron chi connectivity index (χ3n) is 4.31. The molecular formula is C21H13Br2F3N2O6S. The Kier molecular flexibility index (Phi) is 8.28. The molecule has 0 unspecified atom stereocenters. The highest BCUT2D eigenvalue weighted by Crippen LogP contribution is 2.38. The second-order valence-electron chi connectivity index (χ2n) is 6.89. The Bertz CT molecular complexity index is 1230. The highest BCUT2D eigenvalue weighted by atomic mass is 79.9. The first-order valence-electron chi connectivity index (χ1n) is 9.41. The van der Waals surface area contributed by atoms with Gasteiger partial charge in [-0.25, -0.2) is 4.79 Å². The number of carboxylic acids is 1. The fourth-order valence-electron chi connectivity index (χ4n) is 2.84. The van der Waals surface area contributed by atoms with E-state index in [4.69, 9.17) is 9.84 Å². The number of imide groups is 1. The summed E-state index contributed by atoms with van der Waals surface area (Å²) in [5.41, 5.74) is -0.626. The van der Waals surface area contributed by atoms with Crippen LogP contribution in [0.15, 0.2) is 50.2 Å². The van der Waals surface area contributed by atoms with Gasteiger partial charge in [-0.2, -0.15) is 13.2 Å². The standard InChI is InChI=1S/C21H13Br2F3N2O6S/c22-13-4-10(5-14(23)18(13)34-9-17(30)31)6-15-19(32)28(20(33)35-15)8-16(29)27-12-3-1-2-11(7-12)21(24,25)26/h1-7H,8-9H2,(H,27,29)(H,30,31)/b15-6-. The molecule has 3 rings (SSSR count). The van der Waals surface area contributed by atoms with Crippen LogP contribution in [0.3, 0.4) is 0 Å². The van der Waals surface area contributed by atoms with E-state index in [0.29, 0.717) is 31.2 Å². The molecule has 1 aliphatic rings. The Hall–Kier alpha value is -2.84. The molecule has 35 heavy (non-hydrogen) atoms. The number of ether oxygens (including phenoxy) is 1. The Morgan fingerprint density at radius 2 is 1.80 bits per heavy atom. The summed E-state index contributed by atoms with van der Waals surface area (Å²) in [4.78, 5) is 48.7. The van der Waals surface area contributed by atoms with Gasteiger partial charge in [-0.3, -0.25) is 19.3 Å². The molecule has 2 N–H and O–H groups in total. The summed E-state index contributed by atoms with van der Waals surface area (Å²) in [5.74, 6) is -2.54. The van der Waals surface area contributed by atoms with Crippen molar-refractivity contribution in [2.75, 3.05) is 18.5 Å². The summed E-state index contributed by atoms with van der Waals surface area (Å²) in [7, 11) is 0. The van der Waals surface area contributed by atoms with Gasteiger partial charge < -0.3 is 15.2 Å². The number of benzene rings is 2. The van der Waals surface area contributed by atoms with E-state index in [-0.39, 0.29) is 16.3 Å². The molecule has 1 aliphatic heterocycles. The highest BCUT2D eigenvalue weighted by molar-refractivity contribution is 9.11. The first kappa shape index (κ1) is 26.8. The summed E-state index contributed by atoms with van der Waals surface area (Å²) < 4.78 is 44.5. The summed E-state index contributed by atoms with van der Waals surface area (Å²) in [6, 6.07) is 7.03.